The lowest BCUT2D eigenvalue weighted by molar-refractivity contribution is -0.134. The number of carbonyl (C=O) groups is 1. The van der Waals surface area contributed by atoms with Gasteiger partial charge in [-0.3, -0.25) is 4.79 Å². The normalized spacial score (nSPS) is 18.8. The third-order valence-electron chi connectivity index (χ3n) is 2.81. The molecule has 0 bridgehead atoms. The van der Waals surface area contributed by atoms with E-state index in [2.05, 4.69) is 27.3 Å². The second-order valence-electron chi connectivity index (χ2n) is 4.09. The van der Waals surface area contributed by atoms with E-state index >= 15 is 0 Å². The van der Waals surface area contributed by atoms with E-state index in [9.17, 15) is 4.79 Å². The summed E-state index contributed by atoms with van der Waals surface area (Å²) < 4.78 is 1.12. The van der Waals surface area contributed by atoms with Gasteiger partial charge in [0.2, 0.25) is 5.91 Å². The summed E-state index contributed by atoms with van der Waals surface area (Å²) in [4.78, 5) is 15.1. The number of hydrogen-bond donors (Lipinski definition) is 1. The molecule has 96 valence electrons. The van der Waals surface area contributed by atoms with E-state index in [1.807, 2.05) is 18.0 Å². The van der Waals surface area contributed by atoms with Gasteiger partial charge < -0.3 is 10.2 Å². The molecule has 6 heteroatoms. The van der Waals surface area contributed by atoms with Crippen molar-refractivity contribution in [3.05, 3.63) is 20.8 Å². The maximum absolute atomic E-state index is 12.0. The van der Waals surface area contributed by atoms with Crippen molar-refractivity contribution < 1.29 is 4.79 Å². The lowest BCUT2D eigenvalue weighted by Gasteiger charge is -2.19. The van der Waals surface area contributed by atoms with Crippen LogP contribution < -0.4 is 5.32 Å². The molecule has 2 heterocycles. The fourth-order valence-corrected chi connectivity index (χ4v) is 3.46. The van der Waals surface area contributed by atoms with Crippen LogP contribution in [-0.2, 0) is 11.3 Å². The number of hydrogen-bond acceptors (Lipinski definition) is 3. The minimum absolute atomic E-state index is 0. The summed E-state index contributed by atoms with van der Waals surface area (Å²) in [5.74, 6) is 0.433. The topological polar surface area (TPSA) is 32.3 Å². The Hall–Kier alpha value is -0.100. The van der Waals surface area contributed by atoms with Crippen LogP contribution in [0.5, 0.6) is 0 Å². The van der Waals surface area contributed by atoms with Gasteiger partial charge in [-0.25, -0.2) is 0 Å². The van der Waals surface area contributed by atoms with Gasteiger partial charge in [-0.2, -0.15) is 0 Å². The van der Waals surface area contributed by atoms with Crippen LogP contribution in [-0.4, -0.2) is 30.9 Å². The van der Waals surface area contributed by atoms with E-state index in [0.29, 0.717) is 6.54 Å². The van der Waals surface area contributed by atoms with Crippen LogP contribution in [0.1, 0.15) is 11.3 Å². The number of amides is 1. The number of carbonyl (C=O) groups excluding carboxylic acids is 1. The van der Waals surface area contributed by atoms with Gasteiger partial charge in [-0.15, -0.1) is 23.7 Å². The summed E-state index contributed by atoms with van der Waals surface area (Å²) in [6, 6.07) is 4.08. The zero-order valence-electron chi connectivity index (χ0n) is 9.61. The number of halogens is 2. The van der Waals surface area contributed by atoms with Crippen molar-refractivity contribution in [3.8, 4) is 0 Å². The van der Waals surface area contributed by atoms with Crippen molar-refractivity contribution in [2.45, 2.75) is 13.0 Å². The molecule has 0 spiro atoms. The molecule has 0 radical (unpaired) electrons. The zero-order valence-corrected chi connectivity index (χ0v) is 12.8. The molecule has 1 aliphatic rings. The highest BCUT2D eigenvalue weighted by Crippen LogP contribution is 2.23. The average molecular weight is 340 g/mol. The monoisotopic (exact) mass is 338 g/mol. The van der Waals surface area contributed by atoms with Crippen LogP contribution in [0.25, 0.3) is 0 Å². The summed E-state index contributed by atoms with van der Waals surface area (Å²) in [5, 5.41) is 3.22. The summed E-state index contributed by atoms with van der Waals surface area (Å²) in [6.45, 7) is 2.51. The van der Waals surface area contributed by atoms with E-state index < -0.39 is 0 Å². The van der Waals surface area contributed by atoms with Gasteiger partial charge in [0.05, 0.1) is 16.2 Å². The molecule has 0 aromatic carbocycles. The largest absolute Gasteiger partial charge is 0.340 e. The maximum Gasteiger partial charge on any atom is 0.227 e. The molecular weight excluding hydrogens is 324 g/mol. The third kappa shape index (κ3) is 3.95. The van der Waals surface area contributed by atoms with Crippen LogP contribution in [0.3, 0.4) is 0 Å². The fraction of sp³-hybridized carbons (Fsp3) is 0.545. The zero-order chi connectivity index (χ0) is 11.5. The molecule has 2 rings (SSSR count). The van der Waals surface area contributed by atoms with E-state index in [0.717, 1.165) is 23.3 Å². The fourth-order valence-electron chi connectivity index (χ4n) is 1.93. The first-order valence-electron chi connectivity index (χ1n) is 5.36. The average Bonchev–Trinajstić information content (AvgIpc) is 2.88. The summed E-state index contributed by atoms with van der Waals surface area (Å²) >= 11 is 5.11. The van der Waals surface area contributed by atoms with E-state index in [-0.39, 0.29) is 24.2 Å². The number of rotatable bonds is 3. The number of nitrogens with one attached hydrogen (secondary N) is 1. The molecule has 1 aliphatic heterocycles. The van der Waals surface area contributed by atoms with Crippen molar-refractivity contribution in [2.24, 2.45) is 5.92 Å². The van der Waals surface area contributed by atoms with Crippen LogP contribution >= 0.6 is 39.7 Å². The van der Waals surface area contributed by atoms with E-state index in [1.165, 1.54) is 4.88 Å². The predicted molar refractivity (Wildman–Crippen MR) is 76.7 cm³/mol. The first-order chi connectivity index (χ1) is 7.66. The lowest BCUT2D eigenvalue weighted by atomic mass is 10.1. The molecule has 1 aromatic heterocycles. The Labute approximate surface area is 120 Å². The van der Waals surface area contributed by atoms with E-state index in [4.69, 9.17) is 0 Å². The first-order valence-corrected chi connectivity index (χ1v) is 6.97. The predicted octanol–water partition coefficient (Wildman–Crippen LogP) is 2.50. The Balaban J connectivity index is 0.00000144. The van der Waals surface area contributed by atoms with Crippen molar-refractivity contribution in [1.29, 1.82) is 0 Å². The van der Waals surface area contributed by atoms with Crippen molar-refractivity contribution in [1.82, 2.24) is 10.2 Å². The Morgan fingerprint density at radius 3 is 2.94 bits per heavy atom. The van der Waals surface area contributed by atoms with Crippen molar-refractivity contribution in [2.75, 3.05) is 20.1 Å². The molecule has 1 amide bonds. The van der Waals surface area contributed by atoms with Crippen molar-refractivity contribution in [3.63, 3.8) is 0 Å². The SMILES string of the molecule is CN(Cc1ccc(Br)s1)C(=O)C1CCNC1.Cl. The number of thiophene rings is 1. The quantitative estimate of drug-likeness (QED) is 0.917. The Bertz CT molecular complexity index is 379. The third-order valence-corrected chi connectivity index (χ3v) is 4.42. The van der Waals surface area contributed by atoms with Crippen LogP contribution in [0.2, 0.25) is 0 Å². The van der Waals surface area contributed by atoms with Gasteiger partial charge in [0.15, 0.2) is 0 Å². The molecule has 1 N–H and O–H groups in total. The summed E-state index contributed by atoms with van der Waals surface area (Å²) in [5.41, 5.74) is 0. The second-order valence-corrected chi connectivity index (χ2v) is 6.64. The van der Waals surface area contributed by atoms with Gasteiger partial charge in [-0.1, -0.05) is 0 Å². The molecule has 17 heavy (non-hydrogen) atoms. The second kappa shape index (κ2) is 6.73. The highest BCUT2D eigenvalue weighted by Gasteiger charge is 2.25. The smallest absolute Gasteiger partial charge is 0.227 e. The Kier molecular flexibility index (Phi) is 5.92. The first kappa shape index (κ1) is 15.0. The van der Waals surface area contributed by atoms with Gasteiger partial charge in [0, 0.05) is 18.5 Å². The van der Waals surface area contributed by atoms with Gasteiger partial charge >= 0.3 is 0 Å². The molecular formula is C11H16BrClN2OS. The minimum Gasteiger partial charge on any atom is -0.340 e. The van der Waals surface area contributed by atoms with Crippen LogP contribution in [0.15, 0.2) is 15.9 Å². The molecule has 1 atom stereocenters. The van der Waals surface area contributed by atoms with Crippen LogP contribution in [0, 0.1) is 5.92 Å². The van der Waals surface area contributed by atoms with E-state index in [1.54, 1.807) is 11.3 Å². The maximum atomic E-state index is 12.0. The summed E-state index contributed by atoms with van der Waals surface area (Å²) in [6.07, 6.45) is 0.970. The molecule has 1 saturated heterocycles. The standard InChI is InChI=1S/C11H15BrN2OS.ClH/c1-14(7-9-2-3-10(12)16-9)11(15)8-4-5-13-6-8;/h2-3,8,13H,4-7H2,1H3;1H. The highest BCUT2D eigenvalue weighted by atomic mass is 79.9. The highest BCUT2D eigenvalue weighted by molar-refractivity contribution is 9.11. The Morgan fingerprint density at radius 1 is 1.65 bits per heavy atom. The van der Waals surface area contributed by atoms with Crippen LogP contribution in [0.4, 0.5) is 0 Å². The molecule has 1 aromatic rings. The van der Waals surface area contributed by atoms with Gasteiger partial charge in [-0.05, 0) is 41.0 Å². The van der Waals surface area contributed by atoms with Gasteiger partial charge in [0.25, 0.3) is 0 Å². The molecule has 3 nitrogen and oxygen atoms in total. The molecule has 1 unspecified atom stereocenters. The van der Waals surface area contributed by atoms with Crippen molar-refractivity contribution >= 4 is 45.6 Å². The Morgan fingerprint density at radius 2 is 2.41 bits per heavy atom. The molecule has 0 aliphatic carbocycles. The summed E-state index contributed by atoms with van der Waals surface area (Å²) in [7, 11) is 1.88. The lowest BCUT2D eigenvalue weighted by Crippen LogP contribution is -2.33. The minimum atomic E-state index is 0. The molecule has 0 saturated carbocycles. The van der Waals surface area contributed by atoms with Gasteiger partial charge in [0.1, 0.15) is 0 Å². The molecule has 1 fully saturated rings. The number of nitrogens with zero attached hydrogens (tertiary/aromatic N) is 1.